The van der Waals surface area contributed by atoms with Crippen LogP contribution in [-0.2, 0) is 6.42 Å². The SMILES string of the molecule is COc1cc(CC2CCNCC2)c(SC)cc1C. The molecule has 0 saturated carbocycles. The standard InChI is InChI=1S/C15H23NOS/c1-11-8-15(18-3)13(10-14(11)17-2)9-12-4-6-16-7-5-12/h8,10,12,16H,4-7,9H2,1-3H3. The molecule has 1 N–H and O–H groups in total. The second-order valence-electron chi connectivity index (χ2n) is 5.03. The lowest BCUT2D eigenvalue weighted by molar-refractivity contribution is 0.369. The van der Waals surface area contributed by atoms with Crippen molar-refractivity contribution >= 4 is 11.8 Å². The van der Waals surface area contributed by atoms with Gasteiger partial charge in [0.2, 0.25) is 0 Å². The number of ether oxygens (including phenoxy) is 1. The van der Waals surface area contributed by atoms with Crippen LogP contribution in [0.3, 0.4) is 0 Å². The van der Waals surface area contributed by atoms with E-state index in [0.717, 1.165) is 11.7 Å². The van der Waals surface area contributed by atoms with Crippen LogP contribution in [0.5, 0.6) is 5.75 Å². The summed E-state index contributed by atoms with van der Waals surface area (Å²) in [5, 5.41) is 3.43. The first-order valence-electron chi connectivity index (χ1n) is 6.66. The normalized spacial score (nSPS) is 16.8. The fraction of sp³-hybridized carbons (Fsp3) is 0.600. The maximum absolute atomic E-state index is 5.45. The molecule has 0 amide bonds. The van der Waals surface area contributed by atoms with Gasteiger partial charge in [-0.15, -0.1) is 11.8 Å². The van der Waals surface area contributed by atoms with Crippen LogP contribution in [0.2, 0.25) is 0 Å². The molecule has 0 aromatic heterocycles. The summed E-state index contributed by atoms with van der Waals surface area (Å²) in [6.07, 6.45) is 5.94. The van der Waals surface area contributed by atoms with Crippen LogP contribution < -0.4 is 10.1 Å². The second-order valence-corrected chi connectivity index (χ2v) is 5.88. The highest BCUT2D eigenvalue weighted by atomic mass is 32.2. The first kappa shape index (κ1) is 13.8. The van der Waals surface area contributed by atoms with Crippen molar-refractivity contribution in [1.29, 1.82) is 0 Å². The van der Waals surface area contributed by atoms with Gasteiger partial charge in [-0.05, 0) is 74.7 Å². The maximum atomic E-state index is 5.45. The Labute approximate surface area is 114 Å². The number of rotatable bonds is 4. The van der Waals surface area contributed by atoms with Crippen molar-refractivity contribution in [3.05, 3.63) is 23.3 Å². The molecule has 1 saturated heterocycles. The Balaban J connectivity index is 2.18. The number of hydrogen-bond acceptors (Lipinski definition) is 3. The molecule has 0 atom stereocenters. The molecule has 1 aromatic carbocycles. The van der Waals surface area contributed by atoms with Crippen LogP contribution in [0.4, 0.5) is 0 Å². The molecular formula is C15H23NOS. The van der Waals surface area contributed by atoms with E-state index in [9.17, 15) is 0 Å². The fourth-order valence-electron chi connectivity index (χ4n) is 2.67. The quantitative estimate of drug-likeness (QED) is 0.844. The van der Waals surface area contributed by atoms with Crippen LogP contribution in [0.1, 0.15) is 24.0 Å². The summed E-state index contributed by atoms with van der Waals surface area (Å²) in [6.45, 7) is 4.46. The molecule has 1 fully saturated rings. The van der Waals surface area contributed by atoms with E-state index in [1.54, 1.807) is 7.11 Å². The van der Waals surface area contributed by atoms with Gasteiger partial charge in [0.15, 0.2) is 0 Å². The number of methoxy groups -OCH3 is 1. The number of aryl methyl sites for hydroxylation is 1. The average Bonchev–Trinajstić information content (AvgIpc) is 2.41. The minimum Gasteiger partial charge on any atom is -0.496 e. The predicted molar refractivity (Wildman–Crippen MR) is 78.8 cm³/mol. The van der Waals surface area contributed by atoms with E-state index in [4.69, 9.17) is 4.74 Å². The Morgan fingerprint density at radius 2 is 2.06 bits per heavy atom. The molecule has 0 spiro atoms. The van der Waals surface area contributed by atoms with Gasteiger partial charge in [-0.1, -0.05) is 0 Å². The Bertz CT molecular complexity index is 400. The number of benzene rings is 1. The summed E-state index contributed by atoms with van der Waals surface area (Å²) < 4.78 is 5.45. The lowest BCUT2D eigenvalue weighted by Crippen LogP contribution is -2.28. The summed E-state index contributed by atoms with van der Waals surface area (Å²) in [5.41, 5.74) is 2.69. The average molecular weight is 265 g/mol. The van der Waals surface area contributed by atoms with E-state index in [0.29, 0.717) is 0 Å². The van der Waals surface area contributed by atoms with Gasteiger partial charge in [-0.25, -0.2) is 0 Å². The lowest BCUT2D eigenvalue weighted by atomic mass is 9.90. The van der Waals surface area contributed by atoms with E-state index in [2.05, 4.69) is 30.6 Å². The Morgan fingerprint density at radius 3 is 2.67 bits per heavy atom. The summed E-state index contributed by atoms with van der Waals surface area (Å²) in [6, 6.07) is 4.50. The molecule has 2 rings (SSSR count). The van der Waals surface area contributed by atoms with Crippen LogP contribution in [-0.4, -0.2) is 26.5 Å². The van der Waals surface area contributed by atoms with Gasteiger partial charge in [-0.2, -0.15) is 0 Å². The van der Waals surface area contributed by atoms with Crippen LogP contribution in [0, 0.1) is 12.8 Å². The molecule has 100 valence electrons. The van der Waals surface area contributed by atoms with E-state index in [1.165, 1.54) is 48.4 Å². The first-order valence-corrected chi connectivity index (χ1v) is 7.89. The highest BCUT2D eigenvalue weighted by Gasteiger charge is 2.16. The zero-order valence-electron chi connectivity index (χ0n) is 11.6. The molecule has 1 aliphatic heterocycles. The van der Waals surface area contributed by atoms with Crippen molar-refractivity contribution in [3.63, 3.8) is 0 Å². The van der Waals surface area contributed by atoms with Crippen LogP contribution in [0.25, 0.3) is 0 Å². The largest absolute Gasteiger partial charge is 0.496 e. The third-order valence-electron chi connectivity index (χ3n) is 3.77. The van der Waals surface area contributed by atoms with Gasteiger partial charge in [-0.3, -0.25) is 0 Å². The third kappa shape index (κ3) is 3.21. The summed E-state index contributed by atoms with van der Waals surface area (Å²) in [7, 11) is 1.76. The molecule has 1 aromatic rings. The summed E-state index contributed by atoms with van der Waals surface area (Å²) in [5.74, 6) is 1.85. The zero-order chi connectivity index (χ0) is 13.0. The molecule has 0 radical (unpaired) electrons. The van der Waals surface area contributed by atoms with E-state index < -0.39 is 0 Å². The van der Waals surface area contributed by atoms with Gasteiger partial charge >= 0.3 is 0 Å². The first-order chi connectivity index (χ1) is 8.74. The minimum atomic E-state index is 0.824. The van der Waals surface area contributed by atoms with E-state index in [1.807, 2.05) is 11.8 Å². The van der Waals surface area contributed by atoms with Gasteiger partial charge in [0.25, 0.3) is 0 Å². The molecule has 0 unspecified atom stereocenters. The molecule has 2 nitrogen and oxygen atoms in total. The van der Waals surface area contributed by atoms with Crippen molar-refractivity contribution in [3.8, 4) is 5.75 Å². The zero-order valence-corrected chi connectivity index (χ0v) is 12.4. The molecule has 0 aliphatic carbocycles. The predicted octanol–water partition coefficient (Wildman–Crippen LogP) is 3.27. The number of nitrogens with one attached hydrogen (secondary N) is 1. The van der Waals surface area contributed by atoms with Crippen molar-refractivity contribution in [2.45, 2.75) is 31.1 Å². The third-order valence-corrected chi connectivity index (χ3v) is 4.59. The molecule has 1 heterocycles. The van der Waals surface area contributed by atoms with Gasteiger partial charge in [0, 0.05) is 4.90 Å². The number of piperidine rings is 1. The highest BCUT2D eigenvalue weighted by Crippen LogP contribution is 2.31. The molecule has 3 heteroatoms. The van der Waals surface area contributed by atoms with Crippen molar-refractivity contribution in [2.24, 2.45) is 5.92 Å². The van der Waals surface area contributed by atoms with Gasteiger partial charge in [0.1, 0.15) is 5.75 Å². The van der Waals surface area contributed by atoms with Crippen molar-refractivity contribution in [1.82, 2.24) is 5.32 Å². The molecule has 0 bridgehead atoms. The van der Waals surface area contributed by atoms with Crippen molar-refractivity contribution in [2.75, 3.05) is 26.5 Å². The number of hydrogen-bond donors (Lipinski definition) is 1. The van der Waals surface area contributed by atoms with Crippen LogP contribution in [0.15, 0.2) is 17.0 Å². The van der Waals surface area contributed by atoms with Crippen molar-refractivity contribution < 1.29 is 4.74 Å². The Kier molecular flexibility index (Phi) is 4.95. The van der Waals surface area contributed by atoms with E-state index >= 15 is 0 Å². The lowest BCUT2D eigenvalue weighted by Gasteiger charge is -2.24. The topological polar surface area (TPSA) is 21.3 Å². The Morgan fingerprint density at radius 1 is 1.33 bits per heavy atom. The monoisotopic (exact) mass is 265 g/mol. The minimum absolute atomic E-state index is 0.824. The van der Waals surface area contributed by atoms with E-state index in [-0.39, 0.29) is 0 Å². The second kappa shape index (κ2) is 6.48. The summed E-state index contributed by atoms with van der Waals surface area (Å²) in [4.78, 5) is 1.41. The fourth-order valence-corrected chi connectivity index (χ4v) is 3.37. The van der Waals surface area contributed by atoms with Gasteiger partial charge < -0.3 is 10.1 Å². The van der Waals surface area contributed by atoms with Gasteiger partial charge in [0.05, 0.1) is 7.11 Å². The summed E-state index contributed by atoms with van der Waals surface area (Å²) >= 11 is 1.85. The highest BCUT2D eigenvalue weighted by molar-refractivity contribution is 7.98. The molecular weight excluding hydrogens is 242 g/mol. The number of thioether (sulfide) groups is 1. The smallest absolute Gasteiger partial charge is 0.122 e. The molecule has 18 heavy (non-hydrogen) atoms. The van der Waals surface area contributed by atoms with Crippen LogP contribution >= 0.6 is 11.8 Å². The maximum Gasteiger partial charge on any atom is 0.122 e. The molecule has 1 aliphatic rings. The Hall–Kier alpha value is -0.670.